The molecule has 19 heavy (non-hydrogen) atoms. The number of ether oxygens (including phenoxy) is 1. The van der Waals surface area contributed by atoms with E-state index in [0.29, 0.717) is 12.2 Å². The summed E-state index contributed by atoms with van der Waals surface area (Å²) >= 11 is 3.33. The Morgan fingerprint density at radius 2 is 2.05 bits per heavy atom. The number of hydrogen-bond donors (Lipinski definition) is 0. The van der Waals surface area contributed by atoms with Crippen molar-refractivity contribution in [3.8, 4) is 5.75 Å². The highest BCUT2D eigenvalue weighted by Crippen LogP contribution is 2.21. The van der Waals surface area contributed by atoms with Crippen LogP contribution in [-0.4, -0.2) is 62.5 Å². The van der Waals surface area contributed by atoms with Gasteiger partial charge >= 0.3 is 0 Å². The lowest BCUT2D eigenvalue weighted by Gasteiger charge is -2.32. The molecule has 0 spiro atoms. The summed E-state index contributed by atoms with van der Waals surface area (Å²) in [6, 6.07) is 5.48. The summed E-state index contributed by atoms with van der Waals surface area (Å²) in [7, 11) is 2.15. The van der Waals surface area contributed by atoms with Gasteiger partial charge in [-0.25, -0.2) is 0 Å². The van der Waals surface area contributed by atoms with Crippen LogP contribution >= 0.6 is 15.9 Å². The van der Waals surface area contributed by atoms with E-state index in [2.05, 4.69) is 32.8 Å². The van der Waals surface area contributed by atoms with Gasteiger partial charge < -0.3 is 9.64 Å². The van der Waals surface area contributed by atoms with E-state index in [0.717, 1.165) is 49.2 Å². The third-order valence-electron chi connectivity index (χ3n) is 3.37. The van der Waals surface area contributed by atoms with Gasteiger partial charge in [0, 0.05) is 42.8 Å². The van der Waals surface area contributed by atoms with Gasteiger partial charge in [0.25, 0.3) is 0 Å². The van der Waals surface area contributed by atoms with Crippen molar-refractivity contribution in [1.29, 1.82) is 0 Å². The standard InChI is InChI=1S/C14H19BrN2O2/c1-16-4-6-17(7-5-16)8-9-19-13-2-3-14(15)12(10-13)11-18/h2-3,10-11H,4-9H2,1H3. The Morgan fingerprint density at radius 3 is 2.74 bits per heavy atom. The van der Waals surface area contributed by atoms with Crippen LogP contribution in [0.5, 0.6) is 5.75 Å². The van der Waals surface area contributed by atoms with Crippen LogP contribution in [0.3, 0.4) is 0 Å². The molecule has 0 unspecified atom stereocenters. The Hall–Kier alpha value is -0.910. The normalized spacial score (nSPS) is 17.4. The summed E-state index contributed by atoms with van der Waals surface area (Å²) in [6.07, 6.45) is 0.831. The molecule has 1 heterocycles. The van der Waals surface area contributed by atoms with Crippen LogP contribution in [0.2, 0.25) is 0 Å². The van der Waals surface area contributed by atoms with Gasteiger partial charge in [0.05, 0.1) is 0 Å². The zero-order valence-electron chi connectivity index (χ0n) is 11.1. The van der Waals surface area contributed by atoms with Crippen LogP contribution < -0.4 is 4.74 Å². The average molecular weight is 327 g/mol. The molecule has 0 radical (unpaired) electrons. The van der Waals surface area contributed by atoms with Crippen molar-refractivity contribution in [3.05, 3.63) is 28.2 Å². The number of hydrogen-bond acceptors (Lipinski definition) is 4. The Morgan fingerprint density at radius 1 is 1.32 bits per heavy atom. The number of nitrogens with zero attached hydrogens (tertiary/aromatic N) is 2. The molecular weight excluding hydrogens is 308 g/mol. The predicted octanol–water partition coefficient (Wildman–Crippen LogP) is 1.89. The van der Waals surface area contributed by atoms with E-state index in [9.17, 15) is 4.79 Å². The molecule has 0 N–H and O–H groups in total. The highest BCUT2D eigenvalue weighted by Gasteiger charge is 2.13. The monoisotopic (exact) mass is 326 g/mol. The van der Waals surface area contributed by atoms with Gasteiger partial charge in [-0.05, 0) is 25.2 Å². The van der Waals surface area contributed by atoms with E-state index >= 15 is 0 Å². The number of aldehydes is 1. The van der Waals surface area contributed by atoms with Crippen molar-refractivity contribution in [2.24, 2.45) is 0 Å². The first-order valence-electron chi connectivity index (χ1n) is 6.47. The van der Waals surface area contributed by atoms with Crippen LogP contribution in [0, 0.1) is 0 Å². The lowest BCUT2D eigenvalue weighted by atomic mass is 10.2. The number of piperazine rings is 1. The second-order valence-corrected chi connectivity index (χ2v) is 5.65. The summed E-state index contributed by atoms with van der Waals surface area (Å²) in [5.74, 6) is 0.749. The number of carbonyl (C=O) groups is 1. The number of likely N-dealkylation sites (N-methyl/N-ethyl adjacent to an activating group) is 1. The Kier molecular flexibility index (Phi) is 5.36. The molecule has 104 valence electrons. The van der Waals surface area contributed by atoms with Crippen LogP contribution in [0.4, 0.5) is 0 Å². The maximum absolute atomic E-state index is 10.8. The van der Waals surface area contributed by atoms with Crippen LogP contribution in [0.15, 0.2) is 22.7 Å². The smallest absolute Gasteiger partial charge is 0.151 e. The first kappa shape index (κ1) is 14.5. The van der Waals surface area contributed by atoms with E-state index in [-0.39, 0.29) is 0 Å². The molecule has 5 heteroatoms. The number of benzene rings is 1. The minimum Gasteiger partial charge on any atom is -0.492 e. The van der Waals surface area contributed by atoms with E-state index in [1.807, 2.05) is 12.1 Å². The van der Waals surface area contributed by atoms with Crippen molar-refractivity contribution >= 4 is 22.2 Å². The molecule has 0 aromatic heterocycles. The van der Waals surface area contributed by atoms with Gasteiger partial charge in [-0.3, -0.25) is 9.69 Å². The van der Waals surface area contributed by atoms with Crippen LogP contribution in [0.25, 0.3) is 0 Å². The Balaban J connectivity index is 1.78. The van der Waals surface area contributed by atoms with E-state index in [1.54, 1.807) is 6.07 Å². The first-order valence-corrected chi connectivity index (χ1v) is 7.27. The molecule has 1 aliphatic heterocycles. The molecule has 4 nitrogen and oxygen atoms in total. The predicted molar refractivity (Wildman–Crippen MR) is 79.0 cm³/mol. The van der Waals surface area contributed by atoms with Crippen molar-refractivity contribution in [2.75, 3.05) is 46.4 Å². The molecule has 1 saturated heterocycles. The largest absolute Gasteiger partial charge is 0.492 e. The van der Waals surface area contributed by atoms with Gasteiger partial charge in [-0.1, -0.05) is 15.9 Å². The third-order valence-corrected chi connectivity index (χ3v) is 4.09. The molecule has 1 fully saturated rings. The highest BCUT2D eigenvalue weighted by molar-refractivity contribution is 9.10. The zero-order valence-corrected chi connectivity index (χ0v) is 12.7. The number of rotatable bonds is 5. The molecule has 1 aromatic rings. The minimum atomic E-state index is 0.622. The molecule has 2 rings (SSSR count). The quantitative estimate of drug-likeness (QED) is 0.773. The van der Waals surface area contributed by atoms with Crippen molar-refractivity contribution < 1.29 is 9.53 Å². The SMILES string of the molecule is CN1CCN(CCOc2ccc(Br)c(C=O)c2)CC1. The summed E-state index contributed by atoms with van der Waals surface area (Å²) < 4.78 is 6.50. The zero-order chi connectivity index (χ0) is 13.7. The molecular formula is C14H19BrN2O2. The maximum Gasteiger partial charge on any atom is 0.151 e. The van der Waals surface area contributed by atoms with Gasteiger partial charge in [0.1, 0.15) is 12.4 Å². The molecule has 0 bridgehead atoms. The van der Waals surface area contributed by atoms with Crippen LogP contribution in [-0.2, 0) is 0 Å². The fourth-order valence-electron chi connectivity index (χ4n) is 2.07. The number of carbonyl (C=O) groups excluding carboxylic acids is 1. The molecule has 0 saturated carbocycles. The molecule has 0 atom stereocenters. The second-order valence-electron chi connectivity index (χ2n) is 4.79. The average Bonchev–Trinajstić information content (AvgIpc) is 2.43. The third kappa shape index (κ3) is 4.30. The second kappa shape index (κ2) is 7.03. The van der Waals surface area contributed by atoms with Gasteiger partial charge in [-0.2, -0.15) is 0 Å². The lowest BCUT2D eigenvalue weighted by molar-refractivity contribution is 0.112. The van der Waals surface area contributed by atoms with Gasteiger partial charge in [0.2, 0.25) is 0 Å². The fraction of sp³-hybridized carbons (Fsp3) is 0.500. The molecule has 1 aromatic carbocycles. The minimum absolute atomic E-state index is 0.622. The van der Waals surface area contributed by atoms with Crippen molar-refractivity contribution in [3.63, 3.8) is 0 Å². The topological polar surface area (TPSA) is 32.8 Å². The van der Waals surface area contributed by atoms with E-state index in [4.69, 9.17) is 4.74 Å². The van der Waals surface area contributed by atoms with Crippen LogP contribution in [0.1, 0.15) is 10.4 Å². The summed E-state index contributed by atoms with van der Waals surface area (Å²) in [5.41, 5.74) is 0.622. The summed E-state index contributed by atoms with van der Waals surface area (Å²) in [6.45, 7) is 6.02. The Bertz CT molecular complexity index is 431. The summed E-state index contributed by atoms with van der Waals surface area (Å²) in [4.78, 5) is 15.6. The van der Waals surface area contributed by atoms with Gasteiger partial charge in [0.15, 0.2) is 6.29 Å². The maximum atomic E-state index is 10.8. The molecule has 1 aliphatic rings. The van der Waals surface area contributed by atoms with Gasteiger partial charge in [-0.15, -0.1) is 0 Å². The molecule has 0 amide bonds. The fourth-order valence-corrected chi connectivity index (χ4v) is 2.41. The first-order chi connectivity index (χ1) is 9.19. The number of halogens is 1. The van der Waals surface area contributed by atoms with Crippen molar-refractivity contribution in [1.82, 2.24) is 9.80 Å². The lowest BCUT2D eigenvalue weighted by Crippen LogP contribution is -2.45. The summed E-state index contributed by atoms with van der Waals surface area (Å²) in [5, 5.41) is 0. The molecule has 0 aliphatic carbocycles. The van der Waals surface area contributed by atoms with E-state index < -0.39 is 0 Å². The van der Waals surface area contributed by atoms with E-state index in [1.165, 1.54) is 0 Å². The Labute approximate surface area is 122 Å². The highest BCUT2D eigenvalue weighted by atomic mass is 79.9. The van der Waals surface area contributed by atoms with Crippen molar-refractivity contribution in [2.45, 2.75) is 0 Å².